The van der Waals surface area contributed by atoms with Gasteiger partial charge in [-0.1, -0.05) is 29.5 Å². The van der Waals surface area contributed by atoms with Crippen molar-refractivity contribution < 1.29 is 9.53 Å². The lowest BCUT2D eigenvalue weighted by atomic mass is 9.99. The zero-order valence-electron chi connectivity index (χ0n) is 13.2. The fourth-order valence-corrected chi connectivity index (χ4v) is 3.50. The van der Waals surface area contributed by atoms with Crippen molar-refractivity contribution in [2.24, 2.45) is 0 Å². The first-order valence-corrected chi connectivity index (χ1v) is 8.05. The maximum absolute atomic E-state index is 12.6. The number of amides is 1. The number of piperidine rings is 1. The van der Waals surface area contributed by atoms with Crippen molar-refractivity contribution in [2.75, 3.05) is 13.1 Å². The van der Waals surface area contributed by atoms with Gasteiger partial charge in [-0.3, -0.25) is 4.79 Å². The predicted octanol–water partition coefficient (Wildman–Crippen LogP) is 1.50. The molecule has 0 aliphatic carbocycles. The van der Waals surface area contributed by atoms with Crippen molar-refractivity contribution in [1.29, 1.82) is 0 Å². The van der Waals surface area contributed by atoms with Crippen molar-refractivity contribution in [2.45, 2.75) is 38.5 Å². The van der Waals surface area contributed by atoms with Gasteiger partial charge in [-0.05, 0) is 24.5 Å². The van der Waals surface area contributed by atoms with Gasteiger partial charge in [0.1, 0.15) is 0 Å². The van der Waals surface area contributed by atoms with Gasteiger partial charge in [0.05, 0.1) is 37.1 Å². The molecule has 120 valence electrons. The molecule has 0 radical (unpaired) electrons. The number of fused-ring (bicyclic) bond motifs is 3. The van der Waals surface area contributed by atoms with Crippen LogP contribution in [0, 0.1) is 6.92 Å². The van der Waals surface area contributed by atoms with E-state index in [9.17, 15) is 4.79 Å². The summed E-state index contributed by atoms with van der Waals surface area (Å²) in [6, 6.07) is 8.26. The summed E-state index contributed by atoms with van der Waals surface area (Å²) in [4.78, 5) is 14.6. The van der Waals surface area contributed by atoms with Gasteiger partial charge < -0.3 is 9.64 Å². The molecule has 0 unspecified atom stereocenters. The smallest absolute Gasteiger partial charge is 0.227 e. The van der Waals surface area contributed by atoms with Gasteiger partial charge in [-0.25, -0.2) is 4.68 Å². The fourth-order valence-electron chi connectivity index (χ4n) is 3.50. The lowest BCUT2D eigenvalue weighted by Crippen LogP contribution is -2.50. The van der Waals surface area contributed by atoms with E-state index in [1.165, 1.54) is 0 Å². The van der Waals surface area contributed by atoms with Gasteiger partial charge >= 0.3 is 0 Å². The molecular weight excluding hydrogens is 292 g/mol. The van der Waals surface area contributed by atoms with E-state index in [0.29, 0.717) is 19.6 Å². The van der Waals surface area contributed by atoms with E-state index >= 15 is 0 Å². The highest BCUT2D eigenvalue weighted by Crippen LogP contribution is 2.30. The topological polar surface area (TPSA) is 60.3 Å². The van der Waals surface area contributed by atoms with Crippen molar-refractivity contribution in [3.05, 3.63) is 47.3 Å². The quantitative estimate of drug-likeness (QED) is 0.843. The Morgan fingerprint density at radius 1 is 1.39 bits per heavy atom. The molecule has 1 aromatic heterocycles. The van der Waals surface area contributed by atoms with Crippen LogP contribution >= 0.6 is 0 Å². The highest BCUT2D eigenvalue weighted by atomic mass is 16.5. The lowest BCUT2D eigenvalue weighted by molar-refractivity contribution is -0.138. The molecule has 6 heteroatoms. The van der Waals surface area contributed by atoms with Crippen LogP contribution in [0.15, 0.2) is 30.5 Å². The summed E-state index contributed by atoms with van der Waals surface area (Å²) in [6.45, 7) is 3.95. The largest absolute Gasteiger partial charge is 0.368 e. The maximum Gasteiger partial charge on any atom is 0.227 e. The molecule has 1 amide bonds. The Kier molecular flexibility index (Phi) is 3.61. The predicted molar refractivity (Wildman–Crippen MR) is 83.7 cm³/mol. The molecule has 2 aliphatic heterocycles. The van der Waals surface area contributed by atoms with E-state index in [1.54, 1.807) is 6.20 Å². The first-order valence-electron chi connectivity index (χ1n) is 8.05. The third-order valence-electron chi connectivity index (χ3n) is 4.89. The summed E-state index contributed by atoms with van der Waals surface area (Å²) in [5, 5.41) is 8.14. The number of aromatic nitrogens is 3. The number of rotatable bonds is 2. The second-order valence-corrected chi connectivity index (χ2v) is 6.32. The van der Waals surface area contributed by atoms with Gasteiger partial charge in [0, 0.05) is 13.1 Å². The Bertz CT molecular complexity index is 727. The standard InChI is InChI=1S/C17H20N4O2/c1-12-4-2-3-5-13(12)8-17(22)20-7-6-15-16(10-20)23-11-14-9-18-19-21(14)15/h2-5,9,15-16H,6-8,10-11H2,1H3/t15-,16-/m0/s1. The molecule has 2 atom stereocenters. The molecule has 4 rings (SSSR count). The first kappa shape index (κ1) is 14.4. The van der Waals surface area contributed by atoms with Crippen LogP contribution in [0.5, 0.6) is 0 Å². The normalized spacial score (nSPS) is 23.3. The molecular formula is C17H20N4O2. The van der Waals surface area contributed by atoms with Gasteiger partial charge in [-0.15, -0.1) is 5.10 Å². The summed E-state index contributed by atoms with van der Waals surface area (Å²) in [5.41, 5.74) is 3.28. The van der Waals surface area contributed by atoms with Crippen molar-refractivity contribution >= 4 is 5.91 Å². The Morgan fingerprint density at radius 3 is 3.13 bits per heavy atom. The zero-order valence-corrected chi connectivity index (χ0v) is 13.2. The Balaban J connectivity index is 1.45. The molecule has 3 heterocycles. The van der Waals surface area contributed by atoms with Crippen LogP contribution in [-0.4, -0.2) is 45.0 Å². The number of likely N-dealkylation sites (tertiary alicyclic amines) is 1. The van der Waals surface area contributed by atoms with E-state index in [-0.39, 0.29) is 18.1 Å². The second-order valence-electron chi connectivity index (χ2n) is 6.32. The average molecular weight is 312 g/mol. The lowest BCUT2D eigenvalue weighted by Gasteiger charge is -2.41. The van der Waals surface area contributed by atoms with Crippen molar-refractivity contribution in [3.63, 3.8) is 0 Å². The highest BCUT2D eigenvalue weighted by molar-refractivity contribution is 5.79. The summed E-state index contributed by atoms with van der Waals surface area (Å²) in [5.74, 6) is 0.172. The molecule has 0 saturated carbocycles. The molecule has 0 bridgehead atoms. The van der Waals surface area contributed by atoms with Crippen LogP contribution in [0.25, 0.3) is 0 Å². The second kappa shape index (κ2) is 5.77. The van der Waals surface area contributed by atoms with Crippen LogP contribution in [0.2, 0.25) is 0 Å². The molecule has 0 spiro atoms. The van der Waals surface area contributed by atoms with E-state index in [1.807, 2.05) is 40.8 Å². The van der Waals surface area contributed by atoms with Gasteiger partial charge in [-0.2, -0.15) is 0 Å². The average Bonchev–Trinajstić information content (AvgIpc) is 3.05. The number of hydrogen-bond acceptors (Lipinski definition) is 4. The summed E-state index contributed by atoms with van der Waals surface area (Å²) in [6.07, 6.45) is 3.09. The SMILES string of the molecule is Cc1ccccc1CC(=O)N1CC[C@H]2[C@H](C1)OCc1cnnn12. The minimum atomic E-state index is 0.0128. The van der Waals surface area contributed by atoms with E-state index in [4.69, 9.17) is 4.74 Å². The van der Waals surface area contributed by atoms with E-state index in [0.717, 1.165) is 29.8 Å². The molecule has 1 aromatic carbocycles. The summed E-state index contributed by atoms with van der Waals surface area (Å²) >= 11 is 0. The molecule has 1 saturated heterocycles. The van der Waals surface area contributed by atoms with E-state index in [2.05, 4.69) is 10.3 Å². The number of aryl methyl sites for hydroxylation is 1. The molecule has 1 fully saturated rings. The van der Waals surface area contributed by atoms with Gasteiger partial charge in [0.2, 0.25) is 5.91 Å². The third kappa shape index (κ3) is 2.63. The molecule has 2 aliphatic rings. The highest BCUT2D eigenvalue weighted by Gasteiger charge is 2.37. The number of benzene rings is 1. The monoisotopic (exact) mass is 312 g/mol. The molecule has 6 nitrogen and oxygen atoms in total. The number of hydrogen-bond donors (Lipinski definition) is 0. The van der Waals surface area contributed by atoms with Gasteiger partial charge in [0.15, 0.2) is 0 Å². The number of nitrogens with zero attached hydrogens (tertiary/aromatic N) is 4. The third-order valence-corrected chi connectivity index (χ3v) is 4.89. The van der Waals surface area contributed by atoms with Crippen molar-refractivity contribution in [3.8, 4) is 0 Å². The summed E-state index contributed by atoms with van der Waals surface area (Å²) in [7, 11) is 0. The van der Waals surface area contributed by atoms with Crippen LogP contribution in [-0.2, 0) is 22.6 Å². The Hall–Kier alpha value is -2.21. The van der Waals surface area contributed by atoms with E-state index < -0.39 is 0 Å². The summed E-state index contributed by atoms with van der Waals surface area (Å²) < 4.78 is 7.90. The molecule has 2 aromatic rings. The van der Waals surface area contributed by atoms with Crippen LogP contribution in [0.4, 0.5) is 0 Å². The van der Waals surface area contributed by atoms with Crippen molar-refractivity contribution in [1.82, 2.24) is 19.9 Å². The van der Waals surface area contributed by atoms with Crippen LogP contribution in [0.1, 0.15) is 29.3 Å². The molecule has 0 N–H and O–H groups in total. The number of carbonyl (C=O) groups excluding carboxylic acids is 1. The van der Waals surface area contributed by atoms with Gasteiger partial charge in [0.25, 0.3) is 0 Å². The van der Waals surface area contributed by atoms with Crippen LogP contribution < -0.4 is 0 Å². The first-order chi connectivity index (χ1) is 11.2. The minimum absolute atomic E-state index is 0.0128. The van der Waals surface area contributed by atoms with Crippen LogP contribution in [0.3, 0.4) is 0 Å². The fraction of sp³-hybridized carbons (Fsp3) is 0.471. The zero-order chi connectivity index (χ0) is 15.8. The minimum Gasteiger partial charge on any atom is -0.368 e. The number of carbonyl (C=O) groups is 1. The Morgan fingerprint density at radius 2 is 2.26 bits per heavy atom. The Labute approximate surface area is 135 Å². The maximum atomic E-state index is 12.6. The molecule has 23 heavy (non-hydrogen) atoms. The number of ether oxygens (including phenoxy) is 1.